The van der Waals surface area contributed by atoms with E-state index in [-0.39, 0.29) is 22.9 Å². The van der Waals surface area contributed by atoms with Gasteiger partial charge >= 0.3 is 11.9 Å². The molecule has 1 aliphatic heterocycles. The molecule has 1 aliphatic rings. The maximum absolute atomic E-state index is 13.8. The molecule has 4 rings (SSSR count). The average Bonchev–Trinajstić information content (AvgIpc) is 3.09. The van der Waals surface area contributed by atoms with Crippen LogP contribution in [0.5, 0.6) is 5.75 Å². The van der Waals surface area contributed by atoms with Crippen LogP contribution in [0.1, 0.15) is 21.5 Å². The van der Waals surface area contributed by atoms with Crippen molar-refractivity contribution in [1.82, 2.24) is 0 Å². The van der Waals surface area contributed by atoms with Crippen molar-refractivity contribution >= 4 is 39.8 Å². The minimum Gasteiger partial charge on any atom is -0.423 e. The van der Waals surface area contributed by atoms with E-state index in [1.807, 2.05) is 12.1 Å². The molecule has 0 saturated carbocycles. The summed E-state index contributed by atoms with van der Waals surface area (Å²) in [4.78, 5) is 28.6. The Morgan fingerprint density at radius 2 is 1.83 bits per heavy atom. The molecule has 1 heterocycles. The maximum Gasteiger partial charge on any atom is 0.363 e. The number of cyclic esters (lactones) is 1. The predicted octanol–water partition coefficient (Wildman–Crippen LogP) is 5.15. The van der Waals surface area contributed by atoms with Gasteiger partial charge in [-0.2, -0.15) is 0 Å². The highest BCUT2D eigenvalue weighted by molar-refractivity contribution is 9.10. The number of esters is 2. The molecule has 0 atom stereocenters. The van der Waals surface area contributed by atoms with E-state index in [4.69, 9.17) is 9.47 Å². The van der Waals surface area contributed by atoms with Crippen LogP contribution in [0, 0.1) is 5.82 Å². The van der Waals surface area contributed by atoms with E-state index in [0.717, 1.165) is 4.47 Å². The summed E-state index contributed by atoms with van der Waals surface area (Å²) in [7, 11) is 0. The molecule has 0 unspecified atom stereocenters. The number of aliphatic imine (C=N–C) groups is 1. The Bertz CT molecular complexity index is 1220. The SMILES string of the molecule is O=C1OC(c2cccc(Br)c2)=N/C1=C/c1cccc(OC(=O)c2ccccc2F)c1. The molecule has 5 nitrogen and oxygen atoms in total. The highest BCUT2D eigenvalue weighted by Crippen LogP contribution is 2.23. The molecular weight excluding hydrogens is 453 g/mol. The second kappa shape index (κ2) is 8.42. The molecule has 0 N–H and O–H groups in total. The van der Waals surface area contributed by atoms with Gasteiger partial charge in [-0.15, -0.1) is 0 Å². The second-order valence-electron chi connectivity index (χ2n) is 6.29. The van der Waals surface area contributed by atoms with Crippen LogP contribution in [0.2, 0.25) is 0 Å². The number of carbonyl (C=O) groups excluding carboxylic acids is 2. The third kappa shape index (κ3) is 4.36. The number of benzene rings is 3. The van der Waals surface area contributed by atoms with Gasteiger partial charge in [0.2, 0.25) is 5.90 Å². The Balaban J connectivity index is 1.57. The van der Waals surface area contributed by atoms with Crippen molar-refractivity contribution in [3.05, 3.63) is 105 Å². The number of halogens is 2. The highest BCUT2D eigenvalue weighted by Gasteiger charge is 2.24. The first kappa shape index (κ1) is 19.7. The van der Waals surface area contributed by atoms with Crippen molar-refractivity contribution in [3.8, 4) is 5.75 Å². The molecule has 0 aliphatic carbocycles. The van der Waals surface area contributed by atoms with E-state index in [9.17, 15) is 14.0 Å². The van der Waals surface area contributed by atoms with Crippen LogP contribution in [0.25, 0.3) is 6.08 Å². The molecule has 3 aromatic carbocycles. The average molecular weight is 466 g/mol. The van der Waals surface area contributed by atoms with E-state index in [1.54, 1.807) is 42.5 Å². The lowest BCUT2D eigenvalue weighted by atomic mass is 10.2. The molecule has 148 valence electrons. The van der Waals surface area contributed by atoms with Gasteiger partial charge in [0.25, 0.3) is 0 Å². The Kier molecular flexibility index (Phi) is 5.54. The molecular formula is C23H13BrFNO4. The topological polar surface area (TPSA) is 65.0 Å². The zero-order chi connectivity index (χ0) is 21.1. The minimum absolute atomic E-state index is 0.113. The lowest BCUT2D eigenvalue weighted by molar-refractivity contribution is -0.129. The summed E-state index contributed by atoms with van der Waals surface area (Å²) in [5, 5.41) is 0. The summed E-state index contributed by atoms with van der Waals surface area (Å²) in [5.41, 5.74) is 1.18. The molecule has 0 bridgehead atoms. The first-order valence-corrected chi connectivity index (χ1v) is 9.64. The number of rotatable bonds is 4. The van der Waals surface area contributed by atoms with Gasteiger partial charge in [0, 0.05) is 10.0 Å². The van der Waals surface area contributed by atoms with Gasteiger partial charge in [-0.3, -0.25) is 0 Å². The normalized spacial score (nSPS) is 14.4. The van der Waals surface area contributed by atoms with Crippen LogP contribution < -0.4 is 4.74 Å². The summed E-state index contributed by atoms with van der Waals surface area (Å²) in [6, 6.07) is 19.3. The zero-order valence-corrected chi connectivity index (χ0v) is 16.9. The van der Waals surface area contributed by atoms with E-state index < -0.39 is 17.8 Å². The number of hydrogen-bond donors (Lipinski definition) is 0. The third-order valence-corrected chi connectivity index (χ3v) is 4.65. The first-order valence-electron chi connectivity index (χ1n) is 8.85. The molecule has 0 amide bonds. The zero-order valence-electron chi connectivity index (χ0n) is 15.3. The molecule has 0 radical (unpaired) electrons. The fourth-order valence-electron chi connectivity index (χ4n) is 2.77. The Hall–Kier alpha value is -3.58. The van der Waals surface area contributed by atoms with Gasteiger partial charge in [0.1, 0.15) is 11.6 Å². The molecule has 30 heavy (non-hydrogen) atoms. The smallest absolute Gasteiger partial charge is 0.363 e. The van der Waals surface area contributed by atoms with Crippen LogP contribution >= 0.6 is 15.9 Å². The fourth-order valence-corrected chi connectivity index (χ4v) is 3.17. The minimum atomic E-state index is -0.812. The lowest BCUT2D eigenvalue weighted by Crippen LogP contribution is -2.10. The van der Waals surface area contributed by atoms with E-state index in [0.29, 0.717) is 11.1 Å². The summed E-state index contributed by atoms with van der Waals surface area (Å²) < 4.78 is 25.1. The Morgan fingerprint density at radius 3 is 2.63 bits per heavy atom. The van der Waals surface area contributed by atoms with E-state index in [1.165, 1.54) is 24.3 Å². The fraction of sp³-hybridized carbons (Fsp3) is 0. The predicted molar refractivity (Wildman–Crippen MR) is 113 cm³/mol. The lowest BCUT2D eigenvalue weighted by Gasteiger charge is -2.06. The number of carbonyl (C=O) groups is 2. The van der Waals surface area contributed by atoms with Crippen molar-refractivity contribution in [2.45, 2.75) is 0 Å². The molecule has 0 fully saturated rings. The quantitative estimate of drug-likeness (QED) is 0.303. The van der Waals surface area contributed by atoms with Gasteiger partial charge < -0.3 is 9.47 Å². The number of nitrogens with zero attached hydrogens (tertiary/aromatic N) is 1. The largest absolute Gasteiger partial charge is 0.423 e. The van der Waals surface area contributed by atoms with Gasteiger partial charge in [-0.05, 0) is 54.1 Å². The van der Waals surface area contributed by atoms with Crippen LogP contribution in [0.3, 0.4) is 0 Å². The molecule has 3 aromatic rings. The van der Waals surface area contributed by atoms with Crippen molar-refractivity contribution in [2.24, 2.45) is 4.99 Å². The Morgan fingerprint density at radius 1 is 1.03 bits per heavy atom. The van der Waals surface area contributed by atoms with Crippen molar-refractivity contribution < 1.29 is 23.5 Å². The number of hydrogen-bond acceptors (Lipinski definition) is 5. The van der Waals surface area contributed by atoms with Gasteiger partial charge in [-0.1, -0.05) is 46.3 Å². The van der Waals surface area contributed by atoms with E-state index >= 15 is 0 Å². The molecule has 0 aromatic heterocycles. The van der Waals surface area contributed by atoms with Crippen LogP contribution in [0.4, 0.5) is 4.39 Å². The summed E-state index contributed by atoms with van der Waals surface area (Å²) in [5.74, 6) is -1.65. The van der Waals surface area contributed by atoms with Crippen molar-refractivity contribution in [2.75, 3.05) is 0 Å². The van der Waals surface area contributed by atoms with Crippen LogP contribution in [-0.2, 0) is 9.53 Å². The monoisotopic (exact) mass is 465 g/mol. The Labute approximate surface area is 179 Å². The summed E-state index contributed by atoms with van der Waals surface area (Å²) in [6.45, 7) is 0. The molecule has 0 spiro atoms. The number of ether oxygens (including phenoxy) is 2. The molecule has 7 heteroatoms. The molecule has 0 saturated heterocycles. The van der Waals surface area contributed by atoms with Gasteiger partial charge in [0.15, 0.2) is 5.70 Å². The third-order valence-electron chi connectivity index (χ3n) is 4.16. The van der Waals surface area contributed by atoms with Crippen LogP contribution in [0.15, 0.2) is 88.0 Å². The standard InChI is InChI=1S/C23H13BrFNO4/c24-16-7-4-6-15(13-16)21-26-20(23(28)30-21)12-14-5-3-8-17(11-14)29-22(27)18-9-1-2-10-19(18)25/h1-13H/b20-12+. The van der Waals surface area contributed by atoms with Crippen molar-refractivity contribution in [3.63, 3.8) is 0 Å². The summed E-state index contributed by atoms with van der Waals surface area (Å²) in [6.07, 6.45) is 1.52. The first-order chi connectivity index (χ1) is 14.5. The second-order valence-corrected chi connectivity index (χ2v) is 7.20. The van der Waals surface area contributed by atoms with Gasteiger partial charge in [-0.25, -0.2) is 19.0 Å². The van der Waals surface area contributed by atoms with E-state index in [2.05, 4.69) is 20.9 Å². The van der Waals surface area contributed by atoms with Crippen molar-refractivity contribution in [1.29, 1.82) is 0 Å². The van der Waals surface area contributed by atoms with Gasteiger partial charge in [0.05, 0.1) is 5.56 Å². The summed E-state index contributed by atoms with van der Waals surface area (Å²) >= 11 is 3.37. The highest BCUT2D eigenvalue weighted by atomic mass is 79.9. The van der Waals surface area contributed by atoms with Crippen LogP contribution in [-0.4, -0.2) is 17.8 Å². The maximum atomic E-state index is 13.8.